The minimum absolute atomic E-state index is 0.141. The van der Waals surface area contributed by atoms with Crippen LogP contribution in [-0.4, -0.2) is 29.2 Å². The van der Waals surface area contributed by atoms with E-state index in [1.807, 2.05) is 78.9 Å². The second-order valence-electron chi connectivity index (χ2n) is 8.92. The van der Waals surface area contributed by atoms with Crippen molar-refractivity contribution in [3.8, 4) is 22.4 Å². The van der Waals surface area contributed by atoms with Crippen molar-refractivity contribution < 1.29 is 4.79 Å². The highest BCUT2D eigenvalue weighted by Gasteiger charge is 2.17. The molecule has 3 aromatic carbocycles. The molecule has 5 nitrogen and oxygen atoms in total. The lowest BCUT2D eigenvalue weighted by Crippen LogP contribution is -2.33. The van der Waals surface area contributed by atoms with Gasteiger partial charge in [-0.05, 0) is 66.3 Å². The summed E-state index contributed by atoms with van der Waals surface area (Å²) < 4.78 is 0. The number of carbonyl (C=O) groups excluding carboxylic acids is 1. The first-order valence-electron chi connectivity index (χ1n) is 11.8. The molecule has 1 fully saturated rings. The number of benzene rings is 3. The van der Waals surface area contributed by atoms with Gasteiger partial charge < -0.3 is 10.2 Å². The van der Waals surface area contributed by atoms with Crippen molar-refractivity contribution in [3.05, 3.63) is 96.6 Å². The van der Waals surface area contributed by atoms with Crippen molar-refractivity contribution >= 4 is 17.4 Å². The smallest absolute Gasteiger partial charge is 0.255 e. The molecule has 5 rings (SSSR count). The van der Waals surface area contributed by atoms with E-state index in [0.717, 1.165) is 52.9 Å². The molecule has 0 radical (unpaired) electrons. The number of hydrogen-bond acceptors (Lipinski definition) is 4. The van der Waals surface area contributed by atoms with Crippen LogP contribution in [0.25, 0.3) is 22.4 Å². The fourth-order valence-corrected chi connectivity index (χ4v) is 4.29. The average molecular weight is 449 g/mol. The molecule has 1 amide bonds. The minimum atomic E-state index is -0.141. The quantitative estimate of drug-likeness (QED) is 0.389. The van der Waals surface area contributed by atoms with E-state index in [1.54, 1.807) is 0 Å². The van der Waals surface area contributed by atoms with Gasteiger partial charge in [-0.2, -0.15) is 0 Å². The molecule has 4 aromatic rings. The summed E-state index contributed by atoms with van der Waals surface area (Å²) in [6.45, 7) is 4.36. The number of nitrogens with one attached hydrogen (secondary N) is 1. The zero-order chi connectivity index (χ0) is 23.3. The predicted octanol–water partition coefficient (Wildman–Crippen LogP) is 6.30. The first-order chi connectivity index (χ1) is 16.7. The van der Waals surface area contributed by atoms with E-state index in [-0.39, 0.29) is 5.91 Å². The molecule has 0 spiro atoms. The second kappa shape index (κ2) is 9.87. The van der Waals surface area contributed by atoms with Gasteiger partial charge in [0.2, 0.25) is 0 Å². The van der Waals surface area contributed by atoms with Crippen molar-refractivity contribution in [1.82, 2.24) is 10.2 Å². The van der Waals surface area contributed by atoms with Crippen LogP contribution in [0.15, 0.2) is 91.0 Å². The lowest BCUT2D eigenvalue weighted by Gasteiger charge is -2.30. The number of aromatic nitrogens is 2. The van der Waals surface area contributed by atoms with Gasteiger partial charge in [0, 0.05) is 29.9 Å². The zero-order valence-electron chi connectivity index (χ0n) is 19.3. The molecular formula is C29H28N4O. The summed E-state index contributed by atoms with van der Waals surface area (Å²) in [4.78, 5) is 15.1. The van der Waals surface area contributed by atoms with Crippen LogP contribution in [0.4, 0.5) is 11.5 Å². The molecule has 170 valence electrons. The first-order valence-corrected chi connectivity index (χ1v) is 11.8. The van der Waals surface area contributed by atoms with Gasteiger partial charge >= 0.3 is 0 Å². The van der Waals surface area contributed by atoms with E-state index >= 15 is 0 Å². The highest BCUT2D eigenvalue weighted by Crippen LogP contribution is 2.25. The average Bonchev–Trinajstić information content (AvgIpc) is 2.90. The maximum atomic E-state index is 12.8. The largest absolute Gasteiger partial charge is 0.355 e. The first kappa shape index (κ1) is 21.8. The van der Waals surface area contributed by atoms with Crippen molar-refractivity contribution in [3.63, 3.8) is 0 Å². The Bertz CT molecular complexity index is 1250. The van der Waals surface area contributed by atoms with Gasteiger partial charge in [0.25, 0.3) is 5.91 Å². The van der Waals surface area contributed by atoms with E-state index in [1.165, 1.54) is 12.8 Å². The van der Waals surface area contributed by atoms with E-state index in [4.69, 9.17) is 0 Å². The van der Waals surface area contributed by atoms with E-state index in [2.05, 4.69) is 39.5 Å². The Hall–Kier alpha value is -3.99. The van der Waals surface area contributed by atoms with Crippen molar-refractivity contribution in [2.45, 2.75) is 19.8 Å². The Morgan fingerprint density at radius 2 is 1.50 bits per heavy atom. The lowest BCUT2D eigenvalue weighted by atomic mass is 9.99. The maximum absolute atomic E-state index is 12.8. The standard InChI is InChI=1S/C29H28N4O/c1-21-16-18-33(19-17-21)28-15-14-27(31-32-28)25-8-5-9-26(20-25)30-29(34)24-12-10-23(11-13-24)22-6-3-2-4-7-22/h2-15,20-21H,16-19H2,1H3,(H,30,34). The van der Waals surface area contributed by atoms with Crippen LogP contribution in [0.1, 0.15) is 30.1 Å². The third-order valence-electron chi connectivity index (χ3n) is 6.43. The Morgan fingerprint density at radius 3 is 2.21 bits per heavy atom. The third-order valence-corrected chi connectivity index (χ3v) is 6.43. The Balaban J connectivity index is 1.26. The molecule has 0 atom stereocenters. The van der Waals surface area contributed by atoms with Crippen molar-refractivity contribution in [2.24, 2.45) is 5.92 Å². The SMILES string of the molecule is CC1CCN(c2ccc(-c3cccc(NC(=O)c4ccc(-c5ccccc5)cc4)c3)nn2)CC1. The van der Waals surface area contributed by atoms with Crippen LogP contribution in [0, 0.1) is 5.92 Å². The maximum Gasteiger partial charge on any atom is 0.255 e. The molecule has 2 heterocycles. The molecule has 1 N–H and O–H groups in total. The molecule has 0 aliphatic carbocycles. The number of carbonyl (C=O) groups is 1. The summed E-state index contributed by atoms with van der Waals surface area (Å²) in [5.74, 6) is 1.57. The minimum Gasteiger partial charge on any atom is -0.355 e. The zero-order valence-corrected chi connectivity index (χ0v) is 19.3. The Kier molecular flexibility index (Phi) is 6.34. The summed E-state index contributed by atoms with van der Waals surface area (Å²) in [5.41, 5.74) is 5.26. The van der Waals surface area contributed by atoms with Gasteiger partial charge in [-0.25, -0.2) is 0 Å². The van der Waals surface area contributed by atoms with E-state index in [0.29, 0.717) is 5.56 Å². The molecule has 5 heteroatoms. The number of piperidine rings is 1. The van der Waals surface area contributed by atoms with Crippen LogP contribution in [0.5, 0.6) is 0 Å². The van der Waals surface area contributed by atoms with Crippen LogP contribution in [0.3, 0.4) is 0 Å². The number of hydrogen-bond donors (Lipinski definition) is 1. The molecule has 0 bridgehead atoms. The van der Waals surface area contributed by atoms with Gasteiger partial charge in [-0.15, -0.1) is 10.2 Å². The molecule has 0 saturated carbocycles. The van der Waals surface area contributed by atoms with Gasteiger partial charge in [-0.3, -0.25) is 4.79 Å². The fourth-order valence-electron chi connectivity index (χ4n) is 4.29. The molecule has 1 aliphatic rings. The molecule has 34 heavy (non-hydrogen) atoms. The van der Waals surface area contributed by atoms with Gasteiger partial charge in [0.05, 0.1) is 5.69 Å². The third kappa shape index (κ3) is 4.99. The van der Waals surface area contributed by atoms with Crippen molar-refractivity contribution in [1.29, 1.82) is 0 Å². The highest BCUT2D eigenvalue weighted by atomic mass is 16.1. The van der Waals surface area contributed by atoms with E-state index < -0.39 is 0 Å². The van der Waals surface area contributed by atoms with Crippen LogP contribution in [0.2, 0.25) is 0 Å². The number of amides is 1. The molecule has 0 unspecified atom stereocenters. The monoisotopic (exact) mass is 448 g/mol. The Morgan fingerprint density at radius 1 is 0.794 bits per heavy atom. The summed E-state index contributed by atoms with van der Waals surface area (Å²) in [7, 11) is 0. The number of nitrogens with zero attached hydrogens (tertiary/aromatic N) is 3. The fraction of sp³-hybridized carbons (Fsp3) is 0.207. The molecule has 1 aromatic heterocycles. The van der Waals surface area contributed by atoms with Crippen LogP contribution < -0.4 is 10.2 Å². The van der Waals surface area contributed by atoms with Crippen molar-refractivity contribution in [2.75, 3.05) is 23.3 Å². The summed E-state index contributed by atoms with van der Waals surface area (Å²) in [5, 5.41) is 11.9. The second-order valence-corrected chi connectivity index (χ2v) is 8.92. The Labute approximate surface area is 200 Å². The summed E-state index contributed by atoms with van der Waals surface area (Å²) >= 11 is 0. The molecular weight excluding hydrogens is 420 g/mol. The van der Waals surface area contributed by atoms with Gasteiger partial charge in [0.15, 0.2) is 5.82 Å². The van der Waals surface area contributed by atoms with Gasteiger partial charge in [-0.1, -0.05) is 61.5 Å². The normalized spacial score (nSPS) is 14.1. The topological polar surface area (TPSA) is 58.1 Å². The lowest BCUT2D eigenvalue weighted by molar-refractivity contribution is 0.102. The van der Waals surface area contributed by atoms with Gasteiger partial charge in [0.1, 0.15) is 0 Å². The van der Waals surface area contributed by atoms with Crippen LogP contribution in [-0.2, 0) is 0 Å². The van der Waals surface area contributed by atoms with Crippen LogP contribution >= 0.6 is 0 Å². The predicted molar refractivity (Wildman–Crippen MR) is 138 cm³/mol. The number of anilines is 2. The highest BCUT2D eigenvalue weighted by molar-refractivity contribution is 6.04. The summed E-state index contributed by atoms with van der Waals surface area (Å²) in [6, 6.07) is 29.5. The molecule has 1 saturated heterocycles. The summed E-state index contributed by atoms with van der Waals surface area (Å²) in [6.07, 6.45) is 2.39. The molecule has 1 aliphatic heterocycles. The van der Waals surface area contributed by atoms with E-state index in [9.17, 15) is 4.79 Å². The number of rotatable bonds is 5.